The zero-order valence-electron chi connectivity index (χ0n) is 15.1. The smallest absolute Gasteiger partial charge is 0.0631 e. The van der Waals surface area contributed by atoms with E-state index in [2.05, 4.69) is 103 Å². The topological polar surface area (TPSA) is 3.24 Å². The van der Waals surface area contributed by atoms with E-state index >= 15 is 0 Å². The Hall–Kier alpha value is -3.06. The van der Waals surface area contributed by atoms with Crippen LogP contribution in [0.2, 0.25) is 0 Å². The van der Waals surface area contributed by atoms with Crippen LogP contribution in [0.1, 0.15) is 34.7 Å². The Kier molecular flexibility index (Phi) is 4.45. The third-order valence-corrected chi connectivity index (χ3v) is 4.99. The lowest BCUT2D eigenvalue weighted by atomic mass is 9.89. The van der Waals surface area contributed by atoms with Gasteiger partial charge in [-0.25, -0.2) is 0 Å². The number of anilines is 1. The fourth-order valence-electron chi connectivity index (χ4n) is 3.72. The molecule has 0 radical (unpaired) electrons. The van der Waals surface area contributed by atoms with Crippen LogP contribution in [0, 0.1) is 6.92 Å². The van der Waals surface area contributed by atoms with Gasteiger partial charge in [0, 0.05) is 11.4 Å². The van der Waals surface area contributed by atoms with Crippen molar-refractivity contribution in [3.63, 3.8) is 0 Å². The van der Waals surface area contributed by atoms with Gasteiger partial charge in [0.15, 0.2) is 0 Å². The molecule has 0 aliphatic carbocycles. The summed E-state index contributed by atoms with van der Waals surface area (Å²) in [5, 5.41) is 0. The van der Waals surface area contributed by atoms with Gasteiger partial charge in [0.2, 0.25) is 0 Å². The molecule has 1 heteroatoms. The van der Waals surface area contributed by atoms with Gasteiger partial charge in [0.05, 0.1) is 6.04 Å². The van der Waals surface area contributed by atoms with E-state index in [0.717, 1.165) is 6.42 Å². The summed E-state index contributed by atoms with van der Waals surface area (Å²) in [5.74, 6) is 0. The normalized spacial score (nSPS) is 16.0. The van der Waals surface area contributed by atoms with Crippen molar-refractivity contribution in [2.24, 2.45) is 0 Å². The van der Waals surface area contributed by atoms with E-state index in [-0.39, 0.29) is 6.04 Å². The first-order valence-corrected chi connectivity index (χ1v) is 9.11. The number of hydrogen-bond donors (Lipinski definition) is 0. The third kappa shape index (κ3) is 2.97. The van der Waals surface area contributed by atoms with Gasteiger partial charge < -0.3 is 4.90 Å². The largest absolute Gasteiger partial charge is 0.333 e. The molecular weight excluding hydrogens is 314 g/mol. The SMILES string of the molecule is C=CCC1c2ccccc2C=C(c2ccccc2)N1c1ccc(C)cc1. The standard InChI is InChI=1S/C25H23N/c1-3-9-24-23-13-8-7-12-21(23)18-25(20-10-5-4-6-11-20)26(24)22-16-14-19(2)15-17-22/h3-8,10-18,24H,1,9H2,2H3. The zero-order chi connectivity index (χ0) is 17.9. The number of hydrogen-bond acceptors (Lipinski definition) is 1. The Labute approximate surface area is 155 Å². The van der Waals surface area contributed by atoms with Crippen molar-refractivity contribution in [2.75, 3.05) is 4.90 Å². The highest BCUT2D eigenvalue weighted by molar-refractivity contribution is 5.93. The van der Waals surface area contributed by atoms with Crippen LogP contribution in [0.15, 0.2) is 91.5 Å². The molecule has 26 heavy (non-hydrogen) atoms. The van der Waals surface area contributed by atoms with Crippen LogP contribution < -0.4 is 4.90 Å². The summed E-state index contributed by atoms with van der Waals surface area (Å²) in [4.78, 5) is 2.46. The van der Waals surface area contributed by atoms with E-state index in [4.69, 9.17) is 0 Å². The van der Waals surface area contributed by atoms with Crippen molar-refractivity contribution in [2.45, 2.75) is 19.4 Å². The molecular formula is C25H23N. The molecule has 1 unspecified atom stereocenters. The number of nitrogens with zero attached hydrogens (tertiary/aromatic N) is 1. The summed E-state index contributed by atoms with van der Waals surface area (Å²) in [7, 11) is 0. The van der Waals surface area contributed by atoms with Crippen LogP contribution in [0.4, 0.5) is 5.69 Å². The zero-order valence-corrected chi connectivity index (χ0v) is 15.1. The molecule has 4 rings (SSSR count). The fourth-order valence-corrected chi connectivity index (χ4v) is 3.72. The number of rotatable bonds is 4. The highest BCUT2D eigenvalue weighted by Gasteiger charge is 2.29. The van der Waals surface area contributed by atoms with E-state index in [0.29, 0.717) is 0 Å². The van der Waals surface area contributed by atoms with E-state index in [1.807, 2.05) is 6.08 Å². The van der Waals surface area contributed by atoms with Crippen LogP contribution in [0.5, 0.6) is 0 Å². The molecule has 1 atom stereocenters. The molecule has 0 bridgehead atoms. The second-order valence-corrected chi connectivity index (χ2v) is 6.77. The molecule has 0 aromatic heterocycles. The predicted octanol–water partition coefficient (Wildman–Crippen LogP) is 6.63. The highest BCUT2D eigenvalue weighted by Crippen LogP contribution is 2.43. The lowest BCUT2D eigenvalue weighted by molar-refractivity contribution is 0.707. The van der Waals surface area contributed by atoms with Crippen molar-refractivity contribution in [3.8, 4) is 0 Å². The van der Waals surface area contributed by atoms with Gasteiger partial charge in [0.25, 0.3) is 0 Å². The Morgan fingerprint density at radius 1 is 0.885 bits per heavy atom. The van der Waals surface area contributed by atoms with Crippen LogP contribution in [-0.4, -0.2) is 0 Å². The molecule has 0 N–H and O–H groups in total. The van der Waals surface area contributed by atoms with Gasteiger partial charge in [-0.2, -0.15) is 0 Å². The van der Waals surface area contributed by atoms with Crippen molar-refractivity contribution >= 4 is 17.5 Å². The lowest BCUT2D eigenvalue weighted by Gasteiger charge is -2.39. The molecule has 0 saturated carbocycles. The summed E-state index contributed by atoms with van der Waals surface area (Å²) in [6, 6.07) is 28.4. The summed E-state index contributed by atoms with van der Waals surface area (Å²) >= 11 is 0. The average Bonchev–Trinajstić information content (AvgIpc) is 2.69. The molecule has 3 aromatic rings. The minimum absolute atomic E-state index is 0.242. The molecule has 0 spiro atoms. The van der Waals surface area contributed by atoms with Crippen molar-refractivity contribution < 1.29 is 0 Å². The molecule has 1 aliphatic heterocycles. The van der Waals surface area contributed by atoms with Crippen LogP contribution in [0.25, 0.3) is 11.8 Å². The Bertz CT molecular complexity index is 935. The molecule has 1 nitrogen and oxygen atoms in total. The molecule has 1 aliphatic rings. The first-order valence-electron chi connectivity index (χ1n) is 9.11. The molecule has 3 aromatic carbocycles. The summed E-state index contributed by atoms with van der Waals surface area (Å²) < 4.78 is 0. The van der Waals surface area contributed by atoms with Gasteiger partial charge in [-0.1, -0.05) is 78.4 Å². The Morgan fingerprint density at radius 2 is 1.58 bits per heavy atom. The number of fused-ring (bicyclic) bond motifs is 1. The molecule has 0 saturated heterocycles. The van der Waals surface area contributed by atoms with Gasteiger partial charge in [-0.3, -0.25) is 0 Å². The van der Waals surface area contributed by atoms with Crippen LogP contribution in [0.3, 0.4) is 0 Å². The number of aryl methyl sites for hydroxylation is 1. The quantitative estimate of drug-likeness (QED) is 0.483. The lowest BCUT2D eigenvalue weighted by Crippen LogP contribution is -2.30. The Balaban J connectivity index is 1.94. The van der Waals surface area contributed by atoms with Gasteiger partial charge in [0.1, 0.15) is 0 Å². The second-order valence-electron chi connectivity index (χ2n) is 6.77. The fraction of sp³-hybridized carbons (Fsp3) is 0.120. The van der Waals surface area contributed by atoms with Gasteiger partial charge in [-0.15, -0.1) is 6.58 Å². The molecule has 0 amide bonds. The Morgan fingerprint density at radius 3 is 2.31 bits per heavy atom. The predicted molar refractivity (Wildman–Crippen MR) is 112 cm³/mol. The second kappa shape index (κ2) is 7.05. The van der Waals surface area contributed by atoms with Crippen molar-refractivity contribution in [3.05, 3.63) is 114 Å². The van der Waals surface area contributed by atoms with Crippen LogP contribution >= 0.6 is 0 Å². The van der Waals surface area contributed by atoms with Crippen LogP contribution in [-0.2, 0) is 0 Å². The maximum absolute atomic E-state index is 4.02. The first-order chi connectivity index (χ1) is 12.8. The average molecular weight is 337 g/mol. The van der Waals surface area contributed by atoms with E-state index < -0.39 is 0 Å². The highest BCUT2D eigenvalue weighted by atomic mass is 15.2. The molecule has 1 heterocycles. The monoisotopic (exact) mass is 337 g/mol. The third-order valence-electron chi connectivity index (χ3n) is 4.99. The van der Waals surface area contributed by atoms with Crippen molar-refractivity contribution in [1.29, 1.82) is 0 Å². The summed E-state index contributed by atoms with van der Waals surface area (Å²) in [6.07, 6.45) is 5.23. The van der Waals surface area contributed by atoms with Gasteiger partial charge >= 0.3 is 0 Å². The summed E-state index contributed by atoms with van der Waals surface area (Å²) in [6.45, 7) is 6.15. The maximum atomic E-state index is 4.02. The van der Waals surface area contributed by atoms with Crippen molar-refractivity contribution in [1.82, 2.24) is 0 Å². The van der Waals surface area contributed by atoms with E-state index in [9.17, 15) is 0 Å². The van der Waals surface area contributed by atoms with Gasteiger partial charge in [-0.05, 0) is 48.2 Å². The maximum Gasteiger partial charge on any atom is 0.0631 e. The minimum Gasteiger partial charge on any atom is -0.333 e. The minimum atomic E-state index is 0.242. The summed E-state index contributed by atoms with van der Waals surface area (Å²) in [5.41, 5.74) is 7.61. The first kappa shape index (κ1) is 16.4. The molecule has 128 valence electrons. The number of benzene rings is 3. The van der Waals surface area contributed by atoms with E-state index in [1.54, 1.807) is 0 Å². The molecule has 0 fully saturated rings. The van der Waals surface area contributed by atoms with E-state index in [1.165, 1.54) is 33.6 Å².